The van der Waals surface area contributed by atoms with Crippen LogP contribution < -0.4 is 5.32 Å². The zero-order chi connectivity index (χ0) is 13.2. The summed E-state index contributed by atoms with van der Waals surface area (Å²) in [4.78, 5) is 0. The van der Waals surface area contributed by atoms with E-state index in [-0.39, 0.29) is 0 Å². The SMILES string of the molecule is Clc1ccc(CNc2c(Cl)ccc3nsnc23)cc1. The maximum atomic E-state index is 6.20. The van der Waals surface area contributed by atoms with Crippen molar-refractivity contribution in [1.29, 1.82) is 0 Å². The smallest absolute Gasteiger partial charge is 0.129 e. The largest absolute Gasteiger partial charge is 0.378 e. The van der Waals surface area contributed by atoms with Crippen LogP contribution in [-0.2, 0) is 6.54 Å². The minimum absolute atomic E-state index is 0.647. The van der Waals surface area contributed by atoms with Crippen LogP contribution in [0, 0.1) is 0 Å². The number of aromatic nitrogens is 2. The van der Waals surface area contributed by atoms with Crippen molar-refractivity contribution >= 4 is 51.7 Å². The summed E-state index contributed by atoms with van der Waals surface area (Å²) in [6.07, 6.45) is 0. The van der Waals surface area contributed by atoms with Crippen molar-refractivity contribution in [2.75, 3.05) is 5.32 Å². The number of hydrogen-bond acceptors (Lipinski definition) is 4. The molecule has 0 aliphatic rings. The molecule has 0 aliphatic carbocycles. The number of hydrogen-bond donors (Lipinski definition) is 1. The molecule has 0 amide bonds. The molecule has 3 rings (SSSR count). The van der Waals surface area contributed by atoms with Gasteiger partial charge in [0, 0.05) is 11.6 Å². The number of anilines is 1. The van der Waals surface area contributed by atoms with Gasteiger partial charge in [0.2, 0.25) is 0 Å². The average Bonchev–Trinajstić information content (AvgIpc) is 2.88. The van der Waals surface area contributed by atoms with Crippen LogP contribution in [0.1, 0.15) is 5.56 Å². The molecule has 0 saturated heterocycles. The van der Waals surface area contributed by atoms with E-state index < -0.39 is 0 Å². The summed E-state index contributed by atoms with van der Waals surface area (Å²) in [6.45, 7) is 0.660. The maximum absolute atomic E-state index is 6.20. The van der Waals surface area contributed by atoms with Gasteiger partial charge in [-0.1, -0.05) is 35.3 Å². The summed E-state index contributed by atoms with van der Waals surface area (Å²) >= 11 is 13.2. The monoisotopic (exact) mass is 309 g/mol. The molecule has 2 aromatic carbocycles. The number of rotatable bonds is 3. The molecule has 3 nitrogen and oxygen atoms in total. The van der Waals surface area contributed by atoms with Gasteiger partial charge in [0.15, 0.2) is 0 Å². The lowest BCUT2D eigenvalue weighted by atomic mass is 10.2. The Bertz CT molecular complexity index is 709. The Hall–Kier alpha value is -1.36. The van der Waals surface area contributed by atoms with Gasteiger partial charge in [-0.3, -0.25) is 0 Å². The van der Waals surface area contributed by atoms with Crippen molar-refractivity contribution in [3.05, 3.63) is 52.0 Å². The van der Waals surface area contributed by atoms with E-state index in [1.54, 1.807) is 0 Å². The van der Waals surface area contributed by atoms with E-state index in [0.29, 0.717) is 11.6 Å². The molecule has 0 saturated carbocycles. The molecule has 1 heterocycles. The van der Waals surface area contributed by atoms with Gasteiger partial charge in [-0.05, 0) is 29.8 Å². The summed E-state index contributed by atoms with van der Waals surface area (Å²) in [5.41, 5.74) is 3.61. The molecule has 0 radical (unpaired) electrons. The molecule has 0 bridgehead atoms. The summed E-state index contributed by atoms with van der Waals surface area (Å²) < 4.78 is 8.47. The van der Waals surface area contributed by atoms with E-state index in [2.05, 4.69) is 14.1 Å². The standard InChI is InChI=1S/C13H9Cl2N3S/c14-9-3-1-8(2-4-9)7-16-12-10(15)5-6-11-13(12)18-19-17-11/h1-6,16H,7H2. The first-order valence-corrected chi connectivity index (χ1v) is 7.12. The van der Waals surface area contributed by atoms with Crippen LogP contribution in [0.5, 0.6) is 0 Å². The third kappa shape index (κ3) is 2.66. The highest BCUT2D eigenvalue weighted by Crippen LogP contribution is 2.30. The molecule has 19 heavy (non-hydrogen) atoms. The van der Waals surface area contributed by atoms with Gasteiger partial charge < -0.3 is 5.32 Å². The first kappa shape index (κ1) is 12.7. The van der Waals surface area contributed by atoms with Crippen LogP contribution in [0.3, 0.4) is 0 Å². The Labute approximate surface area is 124 Å². The van der Waals surface area contributed by atoms with E-state index in [9.17, 15) is 0 Å². The Balaban J connectivity index is 1.87. The molecule has 0 fully saturated rings. The Kier molecular flexibility index (Phi) is 3.55. The number of halogens is 2. The second-order valence-electron chi connectivity index (χ2n) is 4.03. The van der Waals surface area contributed by atoms with Gasteiger partial charge in [-0.2, -0.15) is 8.75 Å². The second kappa shape index (κ2) is 5.33. The lowest BCUT2D eigenvalue weighted by Crippen LogP contribution is -2.00. The minimum atomic E-state index is 0.647. The average molecular weight is 310 g/mol. The first-order valence-electron chi connectivity index (χ1n) is 5.63. The van der Waals surface area contributed by atoms with Gasteiger partial charge in [-0.15, -0.1) is 0 Å². The first-order chi connectivity index (χ1) is 9.24. The van der Waals surface area contributed by atoms with Crippen LogP contribution in [0.15, 0.2) is 36.4 Å². The summed E-state index contributed by atoms with van der Waals surface area (Å²) in [6, 6.07) is 11.4. The van der Waals surface area contributed by atoms with Crippen molar-refractivity contribution in [2.45, 2.75) is 6.54 Å². The van der Waals surface area contributed by atoms with Crippen LogP contribution in [0.25, 0.3) is 11.0 Å². The van der Waals surface area contributed by atoms with Gasteiger partial charge >= 0.3 is 0 Å². The van der Waals surface area contributed by atoms with E-state index in [1.807, 2.05) is 36.4 Å². The number of benzene rings is 2. The van der Waals surface area contributed by atoms with Crippen molar-refractivity contribution in [1.82, 2.24) is 8.75 Å². The minimum Gasteiger partial charge on any atom is -0.378 e. The topological polar surface area (TPSA) is 37.8 Å². The Morgan fingerprint density at radius 2 is 1.79 bits per heavy atom. The predicted octanol–water partition coefficient (Wildman–Crippen LogP) is 4.61. The van der Waals surface area contributed by atoms with Crippen molar-refractivity contribution in [3.63, 3.8) is 0 Å². The van der Waals surface area contributed by atoms with Crippen LogP contribution in [0.2, 0.25) is 10.0 Å². The molecule has 3 aromatic rings. The third-order valence-electron chi connectivity index (χ3n) is 2.76. The number of nitrogens with one attached hydrogen (secondary N) is 1. The molecular weight excluding hydrogens is 301 g/mol. The zero-order valence-electron chi connectivity index (χ0n) is 9.73. The molecule has 1 N–H and O–H groups in total. The van der Waals surface area contributed by atoms with Crippen molar-refractivity contribution < 1.29 is 0 Å². The van der Waals surface area contributed by atoms with Crippen molar-refractivity contribution in [2.24, 2.45) is 0 Å². The van der Waals surface area contributed by atoms with Gasteiger partial charge in [0.05, 0.1) is 22.4 Å². The van der Waals surface area contributed by atoms with Gasteiger partial charge in [-0.25, -0.2) is 0 Å². The third-order valence-corrected chi connectivity index (χ3v) is 3.87. The van der Waals surface area contributed by atoms with Crippen molar-refractivity contribution in [3.8, 4) is 0 Å². The molecule has 0 aliphatic heterocycles. The number of nitrogens with zero attached hydrogens (tertiary/aromatic N) is 2. The Morgan fingerprint density at radius 3 is 2.58 bits per heavy atom. The van der Waals surface area contributed by atoms with E-state index in [4.69, 9.17) is 23.2 Å². The molecule has 1 aromatic heterocycles. The fourth-order valence-corrected chi connectivity index (χ4v) is 2.68. The summed E-state index contributed by atoms with van der Waals surface area (Å²) in [7, 11) is 0. The van der Waals surface area contributed by atoms with Gasteiger partial charge in [0.25, 0.3) is 0 Å². The lowest BCUT2D eigenvalue weighted by molar-refractivity contribution is 1.15. The maximum Gasteiger partial charge on any atom is 0.129 e. The summed E-state index contributed by atoms with van der Waals surface area (Å²) in [5.74, 6) is 0. The Morgan fingerprint density at radius 1 is 1.00 bits per heavy atom. The predicted molar refractivity (Wildman–Crippen MR) is 81.2 cm³/mol. The fraction of sp³-hybridized carbons (Fsp3) is 0.0769. The van der Waals surface area contributed by atoms with E-state index in [1.165, 1.54) is 11.7 Å². The highest BCUT2D eigenvalue weighted by Gasteiger charge is 2.09. The molecular formula is C13H9Cl2N3S. The molecule has 0 spiro atoms. The van der Waals surface area contributed by atoms with Gasteiger partial charge in [0.1, 0.15) is 11.0 Å². The fourth-order valence-electron chi connectivity index (χ4n) is 1.79. The van der Waals surface area contributed by atoms with E-state index in [0.717, 1.165) is 27.3 Å². The molecule has 6 heteroatoms. The highest BCUT2D eigenvalue weighted by molar-refractivity contribution is 7.00. The lowest BCUT2D eigenvalue weighted by Gasteiger charge is -2.09. The van der Waals surface area contributed by atoms with E-state index >= 15 is 0 Å². The normalized spacial score (nSPS) is 10.8. The summed E-state index contributed by atoms with van der Waals surface area (Å²) in [5, 5.41) is 4.68. The van der Waals surface area contributed by atoms with Crippen LogP contribution in [-0.4, -0.2) is 8.75 Å². The second-order valence-corrected chi connectivity index (χ2v) is 5.41. The molecule has 96 valence electrons. The molecule has 0 atom stereocenters. The number of fused-ring (bicyclic) bond motifs is 1. The quantitative estimate of drug-likeness (QED) is 0.767. The molecule has 0 unspecified atom stereocenters. The van der Waals surface area contributed by atoms with Crippen LogP contribution in [0.4, 0.5) is 5.69 Å². The highest BCUT2D eigenvalue weighted by atomic mass is 35.5. The van der Waals surface area contributed by atoms with Crippen LogP contribution >= 0.6 is 34.9 Å². The zero-order valence-corrected chi connectivity index (χ0v) is 12.1.